The molecule has 0 bridgehead atoms. The fourth-order valence-electron chi connectivity index (χ4n) is 1.64. The van der Waals surface area contributed by atoms with Crippen molar-refractivity contribution in [2.45, 2.75) is 12.3 Å². The van der Waals surface area contributed by atoms with Crippen LogP contribution in [0, 0.1) is 0 Å². The maximum atomic E-state index is 11.0. The van der Waals surface area contributed by atoms with E-state index >= 15 is 0 Å². The molecular weight excluding hydrogens is 266 g/mol. The Hall–Kier alpha value is -2.22. The summed E-state index contributed by atoms with van der Waals surface area (Å²) in [5.74, 6) is -0.152. The van der Waals surface area contributed by atoms with Crippen LogP contribution in [0.2, 0.25) is 0 Å². The number of carbonyl (C=O) groups is 1. The van der Waals surface area contributed by atoms with Gasteiger partial charge in [0, 0.05) is 11.8 Å². The number of hydrogen-bond acceptors (Lipinski definition) is 7. The summed E-state index contributed by atoms with van der Waals surface area (Å²) in [5.41, 5.74) is 6.97. The number of aromatic nitrogens is 2. The largest absolute Gasteiger partial charge is 0.477 e. The van der Waals surface area contributed by atoms with Crippen LogP contribution in [0.15, 0.2) is 35.4 Å². The summed E-state index contributed by atoms with van der Waals surface area (Å²) in [6.07, 6.45) is 3.04. The van der Waals surface area contributed by atoms with E-state index in [1.165, 1.54) is 6.33 Å². The zero-order valence-electron chi connectivity index (χ0n) is 10.1. The lowest BCUT2D eigenvalue weighted by molar-refractivity contribution is -0.133. The van der Waals surface area contributed by atoms with E-state index in [-0.39, 0.29) is 5.70 Å². The highest BCUT2D eigenvalue weighted by atomic mass is 32.1. The first-order valence-corrected chi connectivity index (χ1v) is 5.94. The first kappa shape index (κ1) is 13.2. The quantitative estimate of drug-likeness (QED) is 0.514. The van der Waals surface area contributed by atoms with Crippen LogP contribution in [0.5, 0.6) is 0 Å². The molecule has 100 valence electrons. The third-order valence-corrected chi connectivity index (χ3v) is 2.92. The maximum absolute atomic E-state index is 11.0. The fraction of sp³-hybridized carbons (Fsp3) is 0.182. The van der Waals surface area contributed by atoms with Crippen molar-refractivity contribution in [1.29, 1.82) is 0 Å². The van der Waals surface area contributed by atoms with Gasteiger partial charge in [-0.05, 0) is 18.6 Å². The molecule has 0 aliphatic carbocycles. The van der Waals surface area contributed by atoms with Crippen molar-refractivity contribution in [3.63, 3.8) is 0 Å². The molecule has 5 N–H and O–H groups in total. The molecule has 0 aromatic carbocycles. The lowest BCUT2D eigenvalue weighted by Gasteiger charge is -2.24. The van der Waals surface area contributed by atoms with Crippen molar-refractivity contribution in [2.75, 3.05) is 11.1 Å². The smallest absolute Gasteiger partial charge is 0.352 e. The summed E-state index contributed by atoms with van der Waals surface area (Å²) < 4.78 is 0. The lowest BCUT2D eigenvalue weighted by Crippen LogP contribution is -2.35. The molecule has 1 aromatic rings. The van der Waals surface area contributed by atoms with Crippen molar-refractivity contribution < 1.29 is 9.90 Å². The zero-order valence-corrected chi connectivity index (χ0v) is 11.0. The van der Waals surface area contributed by atoms with Gasteiger partial charge in [-0.25, -0.2) is 14.8 Å². The first-order chi connectivity index (χ1) is 8.97. The number of nitrogens with one attached hydrogen (secondary N) is 2. The Balaban J connectivity index is 2.26. The second-order valence-electron chi connectivity index (χ2n) is 3.96. The van der Waals surface area contributed by atoms with Gasteiger partial charge in [0.25, 0.3) is 0 Å². The van der Waals surface area contributed by atoms with E-state index in [4.69, 9.17) is 10.8 Å². The summed E-state index contributed by atoms with van der Waals surface area (Å²) >= 11 is 4.29. The van der Waals surface area contributed by atoms with Gasteiger partial charge in [-0.2, -0.15) is 0 Å². The summed E-state index contributed by atoms with van der Waals surface area (Å²) in [4.78, 5) is 18.8. The third-order valence-electron chi connectivity index (χ3n) is 2.52. The van der Waals surface area contributed by atoms with Crippen molar-refractivity contribution >= 4 is 30.2 Å². The molecule has 19 heavy (non-hydrogen) atoms. The molecule has 8 heteroatoms. The highest BCUT2D eigenvalue weighted by Crippen LogP contribution is 2.21. The third kappa shape index (κ3) is 2.97. The monoisotopic (exact) mass is 279 g/mol. The minimum Gasteiger partial charge on any atom is -0.477 e. The van der Waals surface area contributed by atoms with E-state index in [9.17, 15) is 4.79 Å². The van der Waals surface area contributed by atoms with Gasteiger partial charge in [0.1, 0.15) is 29.0 Å². The number of allylic oxidation sites excluding steroid dienone is 2. The number of dihydropyridines is 1. The first-order valence-electron chi connectivity index (χ1n) is 5.42. The van der Waals surface area contributed by atoms with Gasteiger partial charge in [0.15, 0.2) is 0 Å². The van der Waals surface area contributed by atoms with Crippen LogP contribution in [-0.2, 0) is 4.79 Å². The van der Waals surface area contributed by atoms with Gasteiger partial charge < -0.3 is 21.5 Å². The molecule has 0 saturated carbocycles. The number of hydrogen-bond donors (Lipinski definition) is 5. The molecule has 1 aliphatic rings. The van der Waals surface area contributed by atoms with Gasteiger partial charge in [0.05, 0.1) is 0 Å². The summed E-state index contributed by atoms with van der Waals surface area (Å²) in [7, 11) is 0. The number of aliphatic carboxylic acids is 1. The number of anilines is 2. The molecule has 1 aromatic heterocycles. The zero-order chi connectivity index (χ0) is 14.0. The molecule has 1 atom stereocenters. The van der Waals surface area contributed by atoms with Gasteiger partial charge >= 0.3 is 5.97 Å². The molecule has 1 aliphatic heterocycles. The number of thiol groups is 1. The van der Waals surface area contributed by atoms with E-state index in [1.807, 2.05) is 0 Å². The highest BCUT2D eigenvalue weighted by Gasteiger charge is 2.22. The predicted molar refractivity (Wildman–Crippen MR) is 74.4 cm³/mol. The van der Waals surface area contributed by atoms with Crippen molar-refractivity contribution in [1.82, 2.24) is 15.3 Å². The lowest BCUT2D eigenvalue weighted by atomic mass is 10.1. The molecule has 1 unspecified atom stereocenters. The van der Waals surface area contributed by atoms with E-state index in [0.29, 0.717) is 22.9 Å². The molecule has 0 fully saturated rings. The summed E-state index contributed by atoms with van der Waals surface area (Å²) in [6, 6.07) is 1.58. The second-order valence-corrected chi connectivity index (χ2v) is 4.48. The molecule has 0 radical (unpaired) electrons. The Kier molecular flexibility index (Phi) is 3.61. The molecule has 2 heterocycles. The molecule has 0 spiro atoms. The normalized spacial score (nSPS) is 18.6. The highest BCUT2D eigenvalue weighted by molar-refractivity contribution is 7.81. The number of nitrogen functional groups attached to an aromatic ring is 1. The SMILES string of the molecule is CC1=C(C(=O)O)NC(S)C(Nc2cc(N)ncn2)=C1. The number of carboxylic acid groups (broad SMARTS) is 1. The molecule has 0 amide bonds. The summed E-state index contributed by atoms with van der Waals surface area (Å²) in [5, 5.41) is 14.3. The van der Waals surface area contributed by atoms with Crippen LogP contribution in [0.1, 0.15) is 6.92 Å². The molecule has 7 nitrogen and oxygen atoms in total. The Morgan fingerprint density at radius 1 is 1.58 bits per heavy atom. The van der Waals surface area contributed by atoms with E-state index in [1.54, 1.807) is 19.1 Å². The second kappa shape index (κ2) is 5.19. The van der Waals surface area contributed by atoms with Gasteiger partial charge in [-0.3, -0.25) is 0 Å². The summed E-state index contributed by atoms with van der Waals surface area (Å²) in [6.45, 7) is 1.70. The van der Waals surface area contributed by atoms with Gasteiger partial charge in [-0.15, -0.1) is 12.6 Å². The number of nitrogens with two attached hydrogens (primary N) is 1. The number of nitrogens with zero attached hydrogens (tertiary/aromatic N) is 2. The Morgan fingerprint density at radius 3 is 2.95 bits per heavy atom. The van der Waals surface area contributed by atoms with Gasteiger partial charge in [0.2, 0.25) is 0 Å². The standard InChI is InChI=1S/C11H13N5O2S/c1-5-2-6(10(19)16-9(5)11(17)18)15-8-3-7(12)13-4-14-8/h2-4,10,16,19H,1H3,(H,17,18)(H3,12,13,14,15). The van der Waals surface area contributed by atoms with Crippen LogP contribution in [0.3, 0.4) is 0 Å². The number of carboxylic acids is 1. The Labute approximate surface area is 115 Å². The Morgan fingerprint density at radius 2 is 2.32 bits per heavy atom. The average Bonchev–Trinajstić information content (AvgIpc) is 2.33. The minimum atomic E-state index is -1.02. The maximum Gasteiger partial charge on any atom is 0.352 e. The van der Waals surface area contributed by atoms with Crippen LogP contribution in [0.4, 0.5) is 11.6 Å². The van der Waals surface area contributed by atoms with Crippen molar-refractivity contribution in [2.24, 2.45) is 0 Å². The average molecular weight is 279 g/mol. The molecular formula is C11H13N5O2S. The van der Waals surface area contributed by atoms with Crippen LogP contribution in [0.25, 0.3) is 0 Å². The van der Waals surface area contributed by atoms with E-state index < -0.39 is 11.3 Å². The predicted octanol–water partition coefficient (Wildman–Crippen LogP) is 0.572. The van der Waals surface area contributed by atoms with Crippen LogP contribution < -0.4 is 16.4 Å². The fourth-order valence-corrected chi connectivity index (χ4v) is 1.90. The Bertz CT molecular complexity index is 584. The minimum absolute atomic E-state index is 0.132. The molecule has 2 rings (SSSR count). The van der Waals surface area contributed by atoms with Crippen LogP contribution in [-0.4, -0.2) is 26.4 Å². The van der Waals surface area contributed by atoms with Crippen LogP contribution >= 0.6 is 12.6 Å². The van der Waals surface area contributed by atoms with Gasteiger partial charge in [-0.1, -0.05) is 0 Å². The molecule has 0 saturated heterocycles. The van der Waals surface area contributed by atoms with Crippen molar-refractivity contribution in [3.8, 4) is 0 Å². The topological polar surface area (TPSA) is 113 Å². The van der Waals surface area contributed by atoms with E-state index in [2.05, 4.69) is 33.2 Å². The number of rotatable bonds is 3. The van der Waals surface area contributed by atoms with E-state index in [0.717, 1.165) is 0 Å². The van der Waals surface area contributed by atoms with Crippen molar-refractivity contribution in [3.05, 3.63) is 35.4 Å².